The Bertz CT molecular complexity index is 637. The summed E-state index contributed by atoms with van der Waals surface area (Å²) in [7, 11) is 3.45. The summed E-state index contributed by atoms with van der Waals surface area (Å²) in [6, 6.07) is 7.75. The highest BCUT2D eigenvalue weighted by Gasteiger charge is 2.15. The summed E-state index contributed by atoms with van der Waals surface area (Å²) in [6.45, 7) is 7.82. The van der Waals surface area contributed by atoms with Gasteiger partial charge in [-0.1, -0.05) is 19.1 Å². The number of amides is 1. The zero-order valence-electron chi connectivity index (χ0n) is 18.2. The number of carbonyl (C=O) groups excluding carboxylic acids is 1. The van der Waals surface area contributed by atoms with E-state index >= 15 is 0 Å². The Morgan fingerprint density at radius 3 is 2.76 bits per heavy atom. The SMILES string of the molecule is CN=C(NCCCCN1CCCC(C)C1)NCCc1cccc(C(=O)NC)c1.I. The van der Waals surface area contributed by atoms with Crippen LogP contribution in [0.5, 0.6) is 0 Å². The molecule has 2 rings (SSSR count). The molecule has 0 spiro atoms. The minimum absolute atomic E-state index is 0. The highest BCUT2D eigenvalue weighted by atomic mass is 127. The molecule has 0 aromatic heterocycles. The molecular weight excluding hydrogens is 477 g/mol. The van der Waals surface area contributed by atoms with Crippen molar-refractivity contribution in [3.63, 3.8) is 0 Å². The second-order valence-electron chi connectivity index (χ2n) is 7.71. The van der Waals surface area contributed by atoms with Gasteiger partial charge in [0.2, 0.25) is 0 Å². The van der Waals surface area contributed by atoms with E-state index in [1.807, 2.05) is 24.3 Å². The van der Waals surface area contributed by atoms with Crippen molar-refractivity contribution in [1.29, 1.82) is 0 Å². The number of rotatable bonds is 9. The van der Waals surface area contributed by atoms with Gasteiger partial charge in [0.15, 0.2) is 5.96 Å². The first-order chi connectivity index (χ1) is 13.6. The highest BCUT2D eigenvalue weighted by molar-refractivity contribution is 14.0. The molecule has 29 heavy (non-hydrogen) atoms. The van der Waals surface area contributed by atoms with Crippen LogP contribution in [0.4, 0.5) is 0 Å². The first-order valence-corrected chi connectivity index (χ1v) is 10.6. The van der Waals surface area contributed by atoms with Gasteiger partial charge in [-0.15, -0.1) is 24.0 Å². The first kappa shape index (κ1) is 25.7. The van der Waals surface area contributed by atoms with Crippen molar-refractivity contribution in [3.05, 3.63) is 35.4 Å². The summed E-state index contributed by atoms with van der Waals surface area (Å²) in [5, 5.41) is 9.41. The first-order valence-electron chi connectivity index (χ1n) is 10.6. The van der Waals surface area contributed by atoms with Crippen LogP contribution in [-0.2, 0) is 6.42 Å². The molecule has 1 aromatic carbocycles. The van der Waals surface area contributed by atoms with Crippen molar-refractivity contribution >= 4 is 35.8 Å². The summed E-state index contributed by atoms with van der Waals surface area (Å²) < 4.78 is 0. The molecule has 1 heterocycles. The van der Waals surface area contributed by atoms with Gasteiger partial charge < -0.3 is 20.9 Å². The number of carbonyl (C=O) groups is 1. The maximum Gasteiger partial charge on any atom is 0.251 e. The molecule has 1 amide bonds. The molecule has 1 aliphatic rings. The number of hydrogen-bond acceptors (Lipinski definition) is 3. The molecule has 1 saturated heterocycles. The number of nitrogens with one attached hydrogen (secondary N) is 3. The molecule has 164 valence electrons. The maximum atomic E-state index is 11.7. The smallest absolute Gasteiger partial charge is 0.251 e. The van der Waals surface area contributed by atoms with Crippen molar-refractivity contribution in [1.82, 2.24) is 20.9 Å². The van der Waals surface area contributed by atoms with E-state index in [0.717, 1.165) is 43.4 Å². The third-order valence-corrected chi connectivity index (χ3v) is 5.28. The van der Waals surface area contributed by atoms with E-state index in [-0.39, 0.29) is 29.9 Å². The monoisotopic (exact) mass is 515 g/mol. The fourth-order valence-corrected chi connectivity index (χ4v) is 3.72. The Kier molecular flexibility index (Phi) is 12.9. The van der Waals surface area contributed by atoms with E-state index in [0.29, 0.717) is 5.56 Å². The van der Waals surface area contributed by atoms with Crippen LogP contribution in [0.25, 0.3) is 0 Å². The Hall–Kier alpha value is -1.35. The summed E-state index contributed by atoms with van der Waals surface area (Å²) in [4.78, 5) is 18.6. The van der Waals surface area contributed by atoms with Crippen LogP contribution >= 0.6 is 24.0 Å². The predicted octanol–water partition coefficient (Wildman–Crippen LogP) is 2.88. The minimum Gasteiger partial charge on any atom is -0.356 e. The molecule has 0 aliphatic carbocycles. The topological polar surface area (TPSA) is 68.8 Å². The zero-order valence-corrected chi connectivity index (χ0v) is 20.5. The van der Waals surface area contributed by atoms with Crippen LogP contribution in [0.3, 0.4) is 0 Å². The molecule has 7 heteroatoms. The normalized spacial score (nSPS) is 17.3. The molecule has 1 fully saturated rings. The fourth-order valence-electron chi connectivity index (χ4n) is 3.72. The van der Waals surface area contributed by atoms with E-state index in [9.17, 15) is 4.79 Å². The lowest BCUT2D eigenvalue weighted by molar-refractivity contribution is 0.0963. The van der Waals surface area contributed by atoms with E-state index in [1.54, 1.807) is 14.1 Å². The van der Waals surface area contributed by atoms with E-state index < -0.39 is 0 Å². The number of hydrogen-bond donors (Lipinski definition) is 3. The molecule has 1 aromatic rings. The Balaban J connectivity index is 0.00000420. The Morgan fingerprint density at radius 1 is 1.24 bits per heavy atom. The number of nitrogens with zero attached hydrogens (tertiary/aromatic N) is 2. The molecule has 1 atom stereocenters. The van der Waals surface area contributed by atoms with Crippen LogP contribution in [0.2, 0.25) is 0 Å². The average Bonchev–Trinajstić information content (AvgIpc) is 2.72. The van der Waals surface area contributed by atoms with Gasteiger partial charge in [0, 0.05) is 39.3 Å². The van der Waals surface area contributed by atoms with Crippen LogP contribution in [0.1, 0.15) is 48.5 Å². The minimum atomic E-state index is -0.0497. The van der Waals surface area contributed by atoms with Gasteiger partial charge in [-0.05, 0) is 68.8 Å². The molecule has 3 N–H and O–H groups in total. The lowest BCUT2D eigenvalue weighted by atomic mass is 10.0. The summed E-state index contributed by atoms with van der Waals surface area (Å²) in [5.41, 5.74) is 1.84. The second-order valence-corrected chi connectivity index (χ2v) is 7.71. The lowest BCUT2D eigenvalue weighted by Gasteiger charge is -2.30. The highest BCUT2D eigenvalue weighted by Crippen LogP contribution is 2.15. The van der Waals surface area contributed by atoms with Gasteiger partial charge in [-0.25, -0.2) is 0 Å². The number of halogens is 1. The molecule has 0 radical (unpaired) electrons. The standard InChI is InChI=1S/C22H37N5O.HI/c1-18-8-7-15-27(17-18)14-5-4-12-25-22(24-3)26-13-11-19-9-6-10-20(16-19)21(28)23-2;/h6,9-10,16,18H,4-5,7-8,11-15,17H2,1-3H3,(H,23,28)(H2,24,25,26);1H. The maximum absolute atomic E-state index is 11.7. The van der Waals surface area contributed by atoms with Crippen LogP contribution in [0.15, 0.2) is 29.3 Å². The van der Waals surface area contributed by atoms with Crippen LogP contribution in [-0.4, -0.2) is 63.6 Å². The van der Waals surface area contributed by atoms with E-state index in [4.69, 9.17) is 0 Å². The van der Waals surface area contributed by atoms with Crippen molar-refractivity contribution < 1.29 is 4.79 Å². The molecule has 0 saturated carbocycles. The molecule has 0 bridgehead atoms. The van der Waals surface area contributed by atoms with Crippen molar-refractivity contribution in [2.45, 2.75) is 39.0 Å². The summed E-state index contributed by atoms with van der Waals surface area (Å²) in [6.07, 6.45) is 5.96. The fraction of sp³-hybridized carbons (Fsp3) is 0.636. The molecule has 6 nitrogen and oxygen atoms in total. The van der Waals surface area contributed by atoms with Crippen molar-refractivity contribution in [3.8, 4) is 0 Å². The third kappa shape index (κ3) is 9.80. The van der Waals surface area contributed by atoms with Crippen molar-refractivity contribution in [2.75, 3.05) is 46.8 Å². The third-order valence-electron chi connectivity index (χ3n) is 5.28. The van der Waals surface area contributed by atoms with Crippen LogP contribution < -0.4 is 16.0 Å². The number of benzene rings is 1. The van der Waals surface area contributed by atoms with Gasteiger partial charge >= 0.3 is 0 Å². The van der Waals surface area contributed by atoms with Gasteiger partial charge in [0.05, 0.1) is 0 Å². The number of aliphatic imine (C=N–C) groups is 1. The number of likely N-dealkylation sites (tertiary alicyclic amines) is 1. The number of piperidine rings is 1. The molecule has 1 aliphatic heterocycles. The Morgan fingerprint density at radius 2 is 2.03 bits per heavy atom. The van der Waals surface area contributed by atoms with Crippen LogP contribution in [0, 0.1) is 5.92 Å². The predicted molar refractivity (Wildman–Crippen MR) is 132 cm³/mol. The summed E-state index contributed by atoms with van der Waals surface area (Å²) >= 11 is 0. The zero-order chi connectivity index (χ0) is 20.2. The lowest BCUT2D eigenvalue weighted by Crippen LogP contribution is -2.39. The quantitative estimate of drug-likeness (QED) is 0.205. The number of guanidine groups is 1. The Labute approximate surface area is 193 Å². The van der Waals surface area contributed by atoms with Gasteiger partial charge in [0.25, 0.3) is 5.91 Å². The summed E-state index contributed by atoms with van der Waals surface area (Å²) in [5.74, 6) is 1.65. The van der Waals surface area contributed by atoms with Gasteiger partial charge in [0.1, 0.15) is 0 Å². The largest absolute Gasteiger partial charge is 0.356 e. The molecular formula is C22H38IN5O. The average molecular weight is 515 g/mol. The molecule has 1 unspecified atom stereocenters. The number of unbranched alkanes of at least 4 members (excludes halogenated alkanes) is 1. The van der Waals surface area contributed by atoms with Crippen molar-refractivity contribution in [2.24, 2.45) is 10.9 Å². The second kappa shape index (κ2) is 14.6. The van der Waals surface area contributed by atoms with E-state index in [1.165, 1.54) is 38.9 Å². The van der Waals surface area contributed by atoms with Gasteiger partial charge in [-0.2, -0.15) is 0 Å². The van der Waals surface area contributed by atoms with Gasteiger partial charge in [-0.3, -0.25) is 9.79 Å². The van der Waals surface area contributed by atoms with E-state index in [2.05, 4.69) is 32.8 Å².